The van der Waals surface area contributed by atoms with Crippen LogP contribution in [0, 0.1) is 5.92 Å². The van der Waals surface area contributed by atoms with E-state index in [2.05, 4.69) is 24.1 Å². The molecule has 0 aromatic carbocycles. The zero-order chi connectivity index (χ0) is 12.7. The van der Waals surface area contributed by atoms with Gasteiger partial charge in [0.15, 0.2) is 0 Å². The van der Waals surface area contributed by atoms with Crippen LogP contribution in [0.2, 0.25) is 0 Å². The number of nitrogens with zero attached hydrogens (tertiary/aromatic N) is 1. The SMILES string of the molecule is CCN(CC)CC(=O)NC1CCCCC1CO. The molecule has 0 heterocycles. The first-order valence-corrected chi connectivity index (χ1v) is 6.83. The average Bonchev–Trinajstić information content (AvgIpc) is 2.36. The monoisotopic (exact) mass is 242 g/mol. The first kappa shape index (κ1) is 14.5. The normalized spacial score (nSPS) is 24.9. The smallest absolute Gasteiger partial charge is 0.234 e. The molecule has 1 saturated carbocycles. The predicted molar refractivity (Wildman–Crippen MR) is 68.8 cm³/mol. The first-order chi connectivity index (χ1) is 8.21. The molecule has 0 radical (unpaired) electrons. The molecule has 0 aliphatic heterocycles. The van der Waals surface area contributed by atoms with Crippen LogP contribution in [0.15, 0.2) is 0 Å². The summed E-state index contributed by atoms with van der Waals surface area (Å²) in [5.74, 6) is 0.350. The number of carbonyl (C=O) groups excluding carboxylic acids is 1. The van der Waals surface area contributed by atoms with Crippen LogP contribution in [-0.4, -0.2) is 48.2 Å². The quantitative estimate of drug-likeness (QED) is 0.730. The number of hydrogen-bond acceptors (Lipinski definition) is 3. The molecule has 1 rings (SSSR count). The molecule has 2 unspecified atom stereocenters. The van der Waals surface area contributed by atoms with Gasteiger partial charge in [0.05, 0.1) is 6.54 Å². The van der Waals surface area contributed by atoms with E-state index in [1.54, 1.807) is 0 Å². The van der Waals surface area contributed by atoms with Crippen molar-refractivity contribution >= 4 is 5.91 Å². The van der Waals surface area contributed by atoms with Gasteiger partial charge in [-0.05, 0) is 25.9 Å². The van der Waals surface area contributed by atoms with Gasteiger partial charge >= 0.3 is 0 Å². The zero-order valence-corrected chi connectivity index (χ0v) is 11.1. The number of likely N-dealkylation sites (N-methyl/N-ethyl adjacent to an activating group) is 1. The molecule has 0 aromatic heterocycles. The summed E-state index contributed by atoms with van der Waals surface area (Å²) in [6.45, 7) is 6.59. The Hall–Kier alpha value is -0.610. The van der Waals surface area contributed by atoms with Crippen molar-refractivity contribution in [1.82, 2.24) is 10.2 Å². The fourth-order valence-electron chi connectivity index (χ4n) is 2.52. The van der Waals surface area contributed by atoms with Gasteiger partial charge in [-0.1, -0.05) is 26.7 Å². The number of carbonyl (C=O) groups is 1. The maximum absolute atomic E-state index is 11.9. The van der Waals surface area contributed by atoms with E-state index in [9.17, 15) is 9.90 Å². The average molecular weight is 242 g/mol. The number of hydrogen-bond donors (Lipinski definition) is 2. The van der Waals surface area contributed by atoms with Gasteiger partial charge in [0, 0.05) is 18.6 Å². The van der Waals surface area contributed by atoms with Gasteiger partial charge in [-0.15, -0.1) is 0 Å². The van der Waals surface area contributed by atoms with Crippen molar-refractivity contribution in [3.8, 4) is 0 Å². The van der Waals surface area contributed by atoms with Crippen molar-refractivity contribution in [3.63, 3.8) is 0 Å². The van der Waals surface area contributed by atoms with Gasteiger partial charge in [0.25, 0.3) is 0 Å². The Bertz CT molecular complexity index is 229. The summed E-state index contributed by atoms with van der Waals surface area (Å²) in [4.78, 5) is 14.0. The minimum atomic E-state index is 0.0963. The third-order valence-electron chi connectivity index (χ3n) is 3.75. The van der Waals surface area contributed by atoms with Crippen LogP contribution in [-0.2, 0) is 4.79 Å². The van der Waals surface area contributed by atoms with Crippen molar-refractivity contribution in [2.24, 2.45) is 5.92 Å². The molecular formula is C13H26N2O2. The Labute approximate surface area is 104 Å². The highest BCUT2D eigenvalue weighted by atomic mass is 16.3. The molecule has 1 amide bonds. The third kappa shape index (κ3) is 4.64. The number of aliphatic hydroxyl groups excluding tert-OH is 1. The Morgan fingerprint density at radius 1 is 1.29 bits per heavy atom. The Morgan fingerprint density at radius 3 is 2.53 bits per heavy atom. The summed E-state index contributed by atoms with van der Waals surface area (Å²) in [6.07, 6.45) is 4.38. The van der Waals surface area contributed by atoms with E-state index in [-0.39, 0.29) is 24.5 Å². The van der Waals surface area contributed by atoms with Gasteiger partial charge in [0.1, 0.15) is 0 Å². The van der Waals surface area contributed by atoms with E-state index in [0.29, 0.717) is 6.54 Å². The maximum atomic E-state index is 11.9. The van der Waals surface area contributed by atoms with Crippen molar-refractivity contribution in [2.45, 2.75) is 45.6 Å². The number of rotatable bonds is 6. The van der Waals surface area contributed by atoms with E-state index in [1.807, 2.05) is 0 Å². The van der Waals surface area contributed by atoms with Gasteiger partial charge in [-0.2, -0.15) is 0 Å². The second kappa shape index (κ2) is 7.67. The summed E-state index contributed by atoms with van der Waals surface area (Å²) in [5.41, 5.74) is 0. The zero-order valence-electron chi connectivity index (χ0n) is 11.1. The summed E-state index contributed by atoms with van der Waals surface area (Å²) >= 11 is 0. The molecule has 2 atom stereocenters. The Kier molecular flexibility index (Phi) is 6.52. The van der Waals surface area contributed by atoms with Crippen LogP contribution < -0.4 is 5.32 Å². The van der Waals surface area contributed by atoms with Gasteiger partial charge in [0.2, 0.25) is 5.91 Å². The molecule has 17 heavy (non-hydrogen) atoms. The lowest BCUT2D eigenvalue weighted by molar-refractivity contribution is -0.123. The Morgan fingerprint density at radius 2 is 1.94 bits per heavy atom. The molecule has 0 spiro atoms. The van der Waals surface area contributed by atoms with Crippen molar-refractivity contribution in [2.75, 3.05) is 26.2 Å². The third-order valence-corrected chi connectivity index (χ3v) is 3.75. The van der Waals surface area contributed by atoms with Crippen LogP contribution in [0.1, 0.15) is 39.5 Å². The van der Waals surface area contributed by atoms with Crippen molar-refractivity contribution in [1.29, 1.82) is 0 Å². The second-order valence-electron chi connectivity index (χ2n) is 4.86. The van der Waals surface area contributed by atoms with E-state index >= 15 is 0 Å². The lowest BCUT2D eigenvalue weighted by Crippen LogP contribution is -2.47. The molecule has 1 aliphatic carbocycles. The van der Waals surface area contributed by atoms with Gasteiger partial charge < -0.3 is 10.4 Å². The molecule has 1 aliphatic rings. The largest absolute Gasteiger partial charge is 0.396 e. The van der Waals surface area contributed by atoms with Crippen LogP contribution in [0.5, 0.6) is 0 Å². The first-order valence-electron chi connectivity index (χ1n) is 6.83. The Balaban J connectivity index is 2.38. The molecule has 0 bridgehead atoms. The highest BCUT2D eigenvalue weighted by Gasteiger charge is 2.25. The van der Waals surface area contributed by atoms with Gasteiger partial charge in [-0.3, -0.25) is 9.69 Å². The number of aliphatic hydroxyl groups is 1. The van der Waals surface area contributed by atoms with E-state index < -0.39 is 0 Å². The standard InChI is InChI=1S/C13H26N2O2/c1-3-15(4-2)9-13(17)14-12-8-6-5-7-11(12)10-16/h11-12,16H,3-10H2,1-2H3,(H,14,17). The topological polar surface area (TPSA) is 52.6 Å². The molecule has 4 heteroatoms. The maximum Gasteiger partial charge on any atom is 0.234 e. The number of nitrogens with one attached hydrogen (secondary N) is 1. The predicted octanol–water partition coefficient (Wildman–Crippen LogP) is 0.995. The summed E-state index contributed by atoms with van der Waals surface area (Å²) < 4.78 is 0. The molecular weight excluding hydrogens is 216 g/mol. The number of amides is 1. The van der Waals surface area contributed by atoms with Crippen molar-refractivity contribution < 1.29 is 9.90 Å². The van der Waals surface area contributed by atoms with Crippen molar-refractivity contribution in [3.05, 3.63) is 0 Å². The van der Waals surface area contributed by atoms with E-state index in [4.69, 9.17) is 0 Å². The fourth-order valence-corrected chi connectivity index (χ4v) is 2.52. The van der Waals surface area contributed by atoms with Crippen LogP contribution >= 0.6 is 0 Å². The highest BCUT2D eigenvalue weighted by Crippen LogP contribution is 2.23. The van der Waals surface area contributed by atoms with Crippen LogP contribution in [0.3, 0.4) is 0 Å². The van der Waals surface area contributed by atoms with E-state index in [1.165, 1.54) is 6.42 Å². The van der Waals surface area contributed by atoms with Gasteiger partial charge in [-0.25, -0.2) is 0 Å². The summed E-state index contributed by atoms with van der Waals surface area (Å²) in [6, 6.07) is 0.178. The molecule has 1 fully saturated rings. The molecule has 0 saturated heterocycles. The fraction of sp³-hybridized carbons (Fsp3) is 0.923. The second-order valence-corrected chi connectivity index (χ2v) is 4.86. The van der Waals surface area contributed by atoms with Crippen LogP contribution in [0.4, 0.5) is 0 Å². The lowest BCUT2D eigenvalue weighted by Gasteiger charge is -2.31. The molecule has 4 nitrogen and oxygen atoms in total. The summed E-state index contributed by atoms with van der Waals surface area (Å²) in [5, 5.41) is 12.4. The lowest BCUT2D eigenvalue weighted by atomic mass is 9.85. The highest BCUT2D eigenvalue weighted by molar-refractivity contribution is 5.78. The van der Waals surface area contributed by atoms with E-state index in [0.717, 1.165) is 32.4 Å². The molecule has 2 N–H and O–H groups in total. The van der Waals surface area contributed by atoms with Crippen LogP contribution in [0.25, 0.3) is 0 Å². The summed E-state index contributed by atoms with van der Waals surface area (Å²) in [7, 11) is 0. The molecule has 0 aromatic rings. The minimum Gasteiger partial charge on any atom is -0.396 e. The minimum absolute atomic E-state index is 0.0963. The molecule has 100 valence electrons.